The number of hydrogen-bond acceptors (Lipinski definition) is 3. The fourth-order valence-corrected chi connectivity index (χ4v) is 1.28. The van der Waals surface area contributed by atoms with Crippen molar-refractivity contribution in [1.29, 1.82) is 0 Å². The van der Waals surface area contributed by atoms with Gasteiger partial charge in [0.05, 0.1) is 6.67 Å². The molecule has 1 aliphatic rings. The quantitative estimate of drug-likeness (QED) is 0.697. The summed E-state index contributed by atoms with van der Waals surface area (Å²) in [5.41, 5.74) is 0.402. The molecule has 0 spiro atoms. The lowest BCUT2D eigenvalue weighted by atomic mass is 10.2. The van der Waals surface area contributed by atoms with Crippen molar-refractivity contribution in [2.45, 2.75) is 13.3 Å². The number of carboxylic acids is 1. The third-order valence-corrected chi connectivity index (χ3v) is 2.25. The van der Waals surface area contributed by atoms with E-state index >= 15 is 0 Å². The normalized spacial score (nSPS) is 15.9. The number of hydrogen-bond donors (Lipinski definition) is 1. The van der Waals surface area contributed by atoms with Gasteiger partial charge < -0.3 is 14.9 Å². The van der Waals surface area contributed by atoms with Gasteiger partial charge >= 0.3 is 5.97 Å². The van der Waals surface area contributed by atoms with Gasteiger partial charge in [0, 0.05) is 24.5 Å². The van der Waals surface area contributed by atoms with E-state index in [9.17, 15) is 4.79 Å². The lowest BCUT2D eigenvalue weighted by Crippen LogP contribution is -2.22. The first-order valence-electron chi connectivity index (χ1n) is 4.84. The molecule has 1 heterocycles. The zero-order valence-electron chi connectivity index (χ0n) is 8.89. The van der Waals surface area contributed by atoms with Crippen LogP contribution in [0.1, 0.15) is 13.3 Å². The lowest BCUT2D eigenvalue weighted by Gasteiger charge is -2.17. The van der Waals surface area contributed by atoms with Crippen molar-refractivity contribution >= 4 is 5.97 Å². The molecule has 0 radical (unpaired) electrons. The van der Waals surface area contributed by atoms with Gasteiger partial charge in [-0.05, 0) is 19.5 Å². The van der Waals surface area contributed by atoms with Crippen LogP contribution in [0.4, 0.5) is 0 Å². The maximum atomic E-state index is 10.5. The highest BCUT2D eigenvalue weighted by molar-refractivity contribution is 5.85. The van der Waals surface area contributed by atoms with E-state index in [-0.39, 0.29) is 0 Å². The summed E-state index contributed by atoms with van der Waals surface area (Å²) in [6.07, 6.45) is 8.17. The Kier molecular flexibility index (Phi) is 3.97. The Morgan fingerprint density at radius 3 is 2.87 bits per heavy atom. The molecule has 0 aromatic rings. The van der Waals surface area contributed by atoms with Crippen molar-refractivity contribution in [3.63, 3.8) is 0 Å². The first kappa shape index (κ1) is 11.4. The Hall–Kier alpha value is -1.71. The van der Waals surface area contributed by atoms with Crippen molar-refractivity contribution < 1.29 is 9.90 Å². The molecule has 0 amide bonds. The van der Waals surface area contributed by atoms with Crippen molar-refractivity contribution in [2.24, 2.45) is 0 Å². The molecular formula is C11H16N2O2. The third-order valence-electron chi connectivity index (χ3n) is 2.25. The minimum atomic E-state index is -0.848. The van der Waals surface area contributed by atoms with Gasteiger partial charge in [0.1, 0.15) is 0 Å². The van der Waals surface area contributed by atoms with E-state index < -0.39 is 5.97 Å². The molecular weight excluding hydrogens is 192 g/mol. The van der Waals surface area contributed by atoms with Gasteiger partial charge in [-0.15, -0.1) is 0 Å². The molecule has 0 unspecified atom stereocenters. The van der Waals surface area contributed by atoms with Crippen molar-refractivity contribution in [2.75, 3.05) is 13.2 Å². The summed E-state index contributed by atoms with van der Waals surface area (Å²) < 4.78 is 0. The Labute approximate surface area is 89.8 Å². The molecule has 0 fully saturated rings. The SMILES string of the molecule is C=CN1C=CN(CCC=C(C)C(=O)O)C1. The summed E-state index contributed by atoms with van der Waals surface area (Å²) >= 11 is 0. The second-order valence-electron chi connectivity index (χ2n) is 3.43. The fourth-order valence-electron chi connectivity index (χ4n) is 1.28. The zero-order chi connectivity index (χ0) is 11.3. The summed E-state index contributed by atoms with van der Waals surface area (Å²) in [4.78, 5) is 14.6. The Morgan fingerprint density at radius 2 is 2.33 bits per heavy atom. The van der Waals surface area contributed by atoms with Crippen LogP contribution in [0.15, 0.2) is 36.8 Å². The fraction of sp³-hybridized carbons (Fsp3) is 0.364. The van der Waals surface area contributed by atoms with Crippen LogP contribution in [0.5, 0.6) is 0 Å². The van der Waals surface area contributed by atoms with E-state index in [2.05, 4.69) is 11.5 Å². The van der Waals surface area contributed by atoms with Crippen LogP contribution in [0.3, 0.4) is 0 Å². The first-order chi connectivity index (χ1) is 7.13. The highest BCUT2D eigenvalue weighted by Crippen LogP contribution is 2.07. The summed E-state index contributed by atoms with van der Waals surface area (Å²) in [5, 5.41) is 8.64. The van der Waals surface area contributed by atoms with Gasteiger partial charge in [0.2, 0.25) is 0 Å². The van der Waals surface area contributed by atoms with Gasteiger partial charge in [0.25, 0.3) is 0 Å². The number of rotatable bonds is 5. The predicted molar refractivity (Wildman–Crippen MR) is 58.8 cm³/mol. The summed E-state index contributed by atoms with van der Waals surface area (Å²) in [7, 11) is 0. The molecule has 1 rings (SSSR count). The standard InChI is InChI=1S/C11H16N2O2/c1-3-12-7-8-13(9-12)6-4-5-10(2)11(14)15/h3,5,7-8H,1,4,6,9H2,2H3,(H,14,15). The molecule has 1 N–H and O–H groups in total. The Balaban J connectivity index is 2.28. The maximum absolute atomic E-state index is 10.5. The lowest BCUT2D eigenvalue weighted by molar-refractivity contribution is -0.132. The van der Waals surface area contributed by atoms with Crippen LogP contribution in [-0.4, -0.2) is 34.1 Å². The summed E-state index contributed by atoms with van der Waals surface area (Å²) in [6, 6.07) is 0. The minimum absolute atomic E-state index is 0.402. The number of carboxylic acid groups (broad SMARTS) is 1. The van der Waals surface area contributed by atoms with Gasteiger partial charge in [-0.2, -0.15) is 0 Å². The molecule has 0 aromatic heterocycles. The van der Waals surface area contributed by atoms with E-state index in [1.165, 1.54) is 0 Å². The third kappa shape index (κ3) is 3.50. The molecule has 0 saturated carbocycles. The van der Waals surface area contributed by atoms with E-state index in [4.69, 9.17) is 5.11 Å². The predicted octanol–water partition coefficient (Wildman–Crippen LogP) is 1.60. The smallest absolute Gasteiger partial charge is 0.330 e. The van der Waals surface area contributed by atoms with E-state index in [1.807, 2.05) is 17.3 Å². The second-order valence-corrected chi connectivity index (χ2v) is 3.43. The van der Waals surface area contributed by atoms with Crippen LogP contribution >= 0.6 is 0 Å². The molecule has 0 aromatic carbocycles. The van der Waals surface area contributed by atoms with E-state index in [1.54, 1.807) is 19.2 Å². The van der Waals surface area contributed by atoms with Gasteiger partial charge in [-0.25, -0.2) is 4.79 Å². The number of nitrogens with zero attached hydrogens (tertiary/aromatic N) is 2. The molecule has 0 aliphatic carbocycles. The molecule has 4 nitrogen and oxygen atoms in total. The number of aliphatic carboxylic acids is 1. The van der Waals surface area contributed by atoms with E-state index in [0.29, 0.717) is 5.57 Å². The second kappa shape index (κ2) is 5.24. The van der Waals surface area contributed by atoms with E-state index in [0.717, 1.165) is 19.6 Å². The largest absolute Gasteiger partial charge is 0.478 e. The maximum Gasteiger partial charge on any atom is 0.330 e. The molecule has 0 atom stereocenters. The highest BCUT2D eigenvalue weighted by Gasteiger charge is 2.08. The minimum Gasteiger partial charge on any atom is -0.478 e. The van der Waals surface area contributed by atoms with Crippen molar-refractivity contribution in [3.05, 3.63) is 36.8 Å². The molecule has 15 heavy (non-hydrogen) atoms. The summed E-state index contributed by atoms with van der Waals surface area (Å²) in [6.45, 7) is 6.90. The van der Waals surface area contributed by atoms with Crippen LogP contribution in [0.2, 0.25) is 0 Å². The van der Waals surface area contributed by atoms with Gasteiger partial charge in [0.15, 0.2) is 0 Å². The average molecular weight is 208 g/mol. The van der Waals surface area contributed by atoms with Crippen molar-refractivity contribution in [1.82, 2.24) is 9.80 Å². The van der Waals surface area contributed by atoms with Crippen LogP contribution in [0.25, 0.3) is 0 Å². The molecule has 4 heteroatoms. The summed E-state index contributed by atoms with van der Waals surface area (Å²) in [5.74, 6) is -0.848. The first-order valence-corrected chi connectivity index (χ1v) is 4.84. The van der Waals surface area contributed by atoms with Crippen LogP contribution in [-0.2, 0) is 4.79 Å². The van der Waals surface area contributed by atoms with Gasteiger partial charge in [-0.1, -0.05) is 12.7 Å². The highest BCUT2D eigenvalue weighted by atomic mass is 16.4. The molecule has 0 saturated heterocycles. The molecule has 82 valence electrons. The molecule has 0 bridgehead atoms. The average Bonchev–Trinajstić information content (AvgIpc) is 2.65. The van der Waals surface area contributed by atoms with Gasteiger partial charge in [-0.3, -0.25) is 0 Å². The van der Waals surface area contributed by atoms with Crippen molar-refractivity contribution in [3.8, 4) is 0 Å². The Morgan fingerprint density at radius 1 is 1.60 bits per heavy atom. The van der Waals surface area contributed by atoms with Crippen LogP contribution in [0, 0.1) is 0 Å². The zero-order valence-corrected chi connectivity index (χ0v) is 8.89. The topological polar surface area (TPSA) is 43.8 Å². The number of carbonyl (C=O) groups is 1. The molecule has 1 aliphatic heterocycles. The van der Waals surface area contributed by atoms with Crippen LogP contribution < -0.4 is 0 Å². The Bertz CT molecular complexity index is 308. The monoisotopic (exact) mass is 208 g/mol.